The van der Waals surface area contributed by atoms with Gasteiger partial charge in [-0.05, 0) is 43.0 Å². The molecule has 2 aromatic rings. The van der Waals surface area contributed by atoms with Crippen LogP contribution in [0.5, 0.6) is 0 Å². The summed E-state index contributed by atoms with van der Waals surface area (Å²) in [7, 11) is 0. The van der Waals surface area contributed by atoms with Gasteiger partial charge in [0, 0.05) is 29.7 Å². The largest absolute Gasteiger partial charge is 0.370 e. The molecule has 22 heavy (non-hydrogen) atoms. The van der Waals surface area contributed by atoms with Gasteiger partial charge in [-0.15, -0.1) is 24.0 Å². The SMILES string of the molecule is I.NC(=NCCc1c[nH]c2ccc(F)cc12)NC1CCCC1. The highest BCUT2D eigenvalue weighted by molar-refractivity contribution is 14.0. The van der Waals surface area contributed by atoms with Crippen LogP contribution < -0.4 is 11.1 Å². The number of hydrogen-bond donors (Lipinski definition) is 3. The summed E-state index contributed by atoms with van der Waals surface area (Å²) in [5.41, 5.74) is 7.92. The van der Waals surface area contributed by atoms with Crippen molar-refractivity contribution in [3.8, 4) is 0 Å². The lowest BCUT2D eigenvalue weighted by atomic mass is 10.1. The molecule has 0 spiro atoms. The number of hydrogen-bond acceptors (Lipinski definition) is 1. The number of benzene rings is 1. The van der Waals surface area contributed by atoms with Crippen LogP contribution in [-0.2, 0) is 6.42 Å². The summed E-state index contributed by atoms with van der Waals surface area (Å²) in [5.74, 6) is 0.308. The van der Waals surface area contributed by atoms with Crippen molar-refractivity contribution in [2.75, 3.05) is 6.54 Å². The fourth-order valence-corrected chi connectivity index (χ4v) is 2.98. The zero-order valence-electron chi connectivity index (χ0n) is 12.4. The van der Waals surface area contributed by atoms with Crippen molar-refractivity contribution < 1.29 is 4.39 Å². The van der Waals surface area contributed by atoms with E-state index in [1.165, 1.54) is 31.7 Å². The van der Waals surface area contributed by atoms with E-state index in [1.54, 1.807) is 12.1 Å². The Balaban J connectivity index is 0.00000176. The minimum atomic E-state index is -0.214. The van der Waals surface area contributed by atoms with Crippen molar-refractivity contribution in [3.05, 3.63) is 35.8 Å². The minimum absolute atomic E-state index is 0. The van der Waals surface area contributed by atoms with E-state index in [0.29, 0.717) is 18.5 Å². The van der Waals surface area contributed by atoms with Gasteiger partial charge in [0.15, 0.2) is 5.96 Å². The molecule has 4 nitrogen and oxygen atoms in total. The van der Waals surface area contributed by atoms with Crippen molar-refractivity contribution in [1.82, 2.24) is 10.3 Å². The summed E-state index contributed by atoms with van der Waals surface area (Å²) in [4.78, 5) is 7.52. The zero-order valence-corrected chi connectivity index (χ0v) is 14.8. The summed E-state index contributed by atoms with van der Waals surface area (Å²) >= 11 is 0. The van der Waals surface area contributed by atoms with Gasteiger partial charge in [-0.3, -0.25) is 4.99 Å². The smallest absolute Gasteiger partial charge is 0.188 e. The molecule has 0 bridgehead atoms. The summed E-state index contributed by atoms with van der Waals surface area (Å²) in [6.07, 6.45) is 7.56. The van der Waals surface area contributed by atoms with Crippen molar-refractivity contribution in [2.45, 2.75) is 38.1 Å². The first kappa shape index (κ1) is 17.1. The van der Waals surface area contributed by atoms with Gasteiger partial charge in [-0.2, -0.15) is 0 Å². The second-order valence-corrected chi connectivity index (χ2v) is 5.65. The van der Waals surface area contributed by atoms with Crippen molar-refractivity contribution in [1.29, 1.82) is 0 Å². The second-order valence-electron chi connectivity index (χ2n) is 5.65. The molecule has 0 radical (unpaired) electrons. The third kappa shape index (κ3) is 4.12. The molecule has 1 saturated carbocycles. The predicted octanol–water partition coefficient (Wildman–Crippen LogP) is 3.31. The van der Waals surface area contributed by atoms with Crippen LogP contribution in [0.15, 0.2) is 29.4 Å². The van der Waals surface area contributed by atoms with E-state index in [2.05, 4.69) is 15.3 Å². The number of guanidine groups is 1. The number of H-pyrrole nitrogens is 1. The molecule has 0 saturated heterocycles. The third-order valence-corrected chi connectivity index (χ3v) is 4.10. The zero-order chi connectivity index (χ0) is 14.7. The van der Waals surface area contributed by atoms with Crippen molar-refractivity contribution in [3.63, 3.8) is 0 Å². The van der Waals surface area contributed by atoms with E-state index < -0.39 is 0 Å². The Morgan fingerprint density at radius 3 is 2.91 bits per heavy atom. The molecule has 1 heterocycles. The minimum Gasteiger partial charge on any atom is -0.370 e. The number of nitrogens with one attached hydrogen (secondary N) is 2. The number of fused-ring (bicyclic) bond motifs is 1. The van der Waals surface area contributed by atoms with Crippen molar-refractivity contribution in [2.24, 2.45) is 10.7 Å². The molecule has 3 rings (SSSR count). The molecule has 4 N–H and O–H groups in total. The average molecular weight is 416 g/mol. The summed E-state index contributed by atoms with van der Waals surface area (Å²) in [5, 5.41) is 4.19. The lowest BCUT2D eigenvalue weighted by Crippen LogP contribution is -2.38. The first-order valence-electron chi connectivity index (χ1n) is 7.54. The molecular formula is C16H22FIN4. The monoisotopic (exact) mass is 416 g/mol. The van der Waals surface area contributed by atoms with Crippen LogP contribution in [0.1, 0.15) is 31.2 Å². The van der Waals surface area contributed by atoms with Gasteiger partial charge in [0.2, 0.25) is 0 Å². The number of aromatic amines is 1. The van der Waals surface area contributed by atoms with Gasteiger partial charge >= 0.3 is 0 Å². The maximum Gasteiger partial charge on any atom is 0.188 e. The lowest BCUT2D eigenvalue weighted by molar-refractivity contribution is 0.625. The molecule has 0 amide bonds. The summed E-state index contributed by atoms with van der Waals surface area (Å²) < 4.78 is 13.3. The Hall–Kier alpha value is -1.31. The molecule has 0 atom stereocenters. The Morgan fingerprint density at radius 2 is 2.14 bits per heavy atom. The standard InChI is InChI=1S/C16H21FN4.HI/c17-12-5-6-15-14(9-12)11(10-20-15)7-8-19-16(18)21-13-3-1-2-4-13;/h5-6,9-10,13,20H,1-4,7-8H2,(H3,18,19,21);1H. The van der Waals surface area contributed by atoms with Crippen LogP contribution >= 0.6 is 24.0 Å². The molecule has 120 valence electrons. The number of nitrogens with zero attached hydrogens (tertiary/aromatic N) is 1. The topological polar surface area (TPSA) is 66.2 Å². The van der Waals surface area contributed by atoms with Gasteiger partial charge in [0.1, 0.15) is 5.82 Å². The van der Waals surface area contributed by atoms with Gasteiger partial charge < -0.3 is 16.0 Å². The molecule has 6 heteroatoms. The molecule has 1 aromatic carbocycles. The fourth-order valence-electron chi connectivity index (χ4n) is 2.98. The molecule has 0 aliphatic heterocycles. The maximum atomic E-state index is 13.3. The lowest BCUT2D eigenvalue weighted by Gasteiger charge is -2.12. The van der Waals surface area contributed by atoms with Crippen LogP contribution in [0.2, 0.25) is 0 Å². The Morgan fingerprint density at radius 1 is 1.36 bits per heavy atom. The average Bonchev–Trinajstić information content (AvgIpc) is 3.09. The highest BCUT2D eigenvalue weighted by atomic mass is 127. The third-order valence-electron chi connectivity index (χ3n) is 4.10. The first-order chi connectivity index (χ1) is 10.2. The van der Waals surface area contributed by atoms with Gasteiger partial charge in [0.05, 0.1) is 0 Å². The van der Waals surface area contributed by atoms with E-state index in [1.807, 2.05) is 6.20 Å². The Labute approximate surface area is 146 Å². The highest BCUT2D eigenvalue weighted by Gasteiger charge is 2.14. The maximum absolute atomic E-state index is 13.3. The second kappa shape index (κ2) is 7.80. The number of rotatable bonds is 4. The molecule has 0 unspecified atom stereocenters. The van der Waals surface area contributed by atoms with E-state index in [9.17, 15) is 4.39 Å². The molecule has 1 fully saturated rings. The van der Waals surface area contributed by atoms with Crippen molar-refractivity contribution >= 4 is 40.8 Å². The molecule has 1 aliphatic rings. The Bertz CT molecular complexity index is 647. The fraction of sp³-hybridized carbons (Fsp3) is 0.438. The van der Waals surface area contributed by atoms with Crippen LogP contribution in [-0.4, -0.2) is 23.5 Å². The van der Waals surface area contributed by atoms with Crippen LogP contribution in [0.4, 0.5) is 4.39 Å². The van der Waals surface area contributed by atoms with Crippen LogP contribution in [0.3, 0.4) is 0 Å². The summed E-state index contributed by atoms with van der Waals surface area (Å²) in [6, 6.07) is 5.26. The molecular weight excluding hydrogens is 394 g/mol. The van der Waals surface area contributed by atoms with Gasteiger partial charge in [-0.1, -0.05) is 12.8 Å². The van der Waals surface area contributed by atoms with Crippen LogP contribution in [0.25, 0.3) is 10.9 Å². The first-order valence-corrected chi connectivity index (χ1v) is 7.54. The van der Waals surface area contributed by atoms with E-state index >= 15 is 0 Å². The molecule has 1 aromatic heterocycles. The van der Waals surface area contributed by atoms with E-state index in [-0.39, 0.29) is 29.8 Å². The summed E-state index contributed by atoms with van der Waals surface area (Å²) in [6.45, 7) is 0.606. The van der Waals surface area contributed by atoms with Crippen LogP contribution in [0, 0.1) is 5.82 Å². The van der Waals surface area contributed by atoms with Gasteiger partial charge in [0.25, 0.3) is 0 Å². The van der Waals surface area contributed by atoms with E-state index in [4.69, 9.17) is 5.73 Å². The number of aromatic nitrogens is 1. The Kier molecular flexibility index (Phi) is 6.05. The number of halogens is 2. The molecule has 1 aliphatic carbocycles. The van der Waals surface area contributed by atoms with Gasteiger partial charge in [-0.25, -0.2) is 4.39 Å². The highest BCUT2D eigenvalue weighted by Crippen LogP contribution is 2.20. The normalized spacial score (nSPS) is 16.0. The quantitative estimate of drug-likeness (QED) is 0.407. The van der Waals surface area contributed by atoms with E-state index in [0.717, 1.165) is 22.9 Å². The number of aliphatic imine (C=N–C) groups is 1. The predicted molar refractivity (Wildman–Crippen MR) is 99.3 cm³/mol. The number of nitrogens with two attached hydrogens (primary N) is 1.